The van der Waals surface area contributed by atoms with E-state index < -0.39 is 0 Å². The molecule has 13 N–H and O–H groups in total. The number of carbonyl (C=O) groups excluding carboxylic acids is 5. The van der Waals surface area contributed by atoms with E-state index in [9.17, 15) is 33.2 Å². The van der Waals surface area contributed by atoms with Crippen molar-refractivity contribution in [3.05, 3.63) is 295 Å². The minimum Gasteiger partial charge on any atom is -0.497 e. The molecule has 0 unspecified atom stereocenters. The van der Waals surface area contributed by atoms with Gasteiger partial charge in [-0.05, 0) is 202 Å². The number of rotatable bonds is 28. The number of nitrogens with one attached hydrogen (secondary N) is 13. The molecular formula is C100H97FN26O10. The number of halogens is 1. The number of aromatic amines is 4. The predicted molar refractivity (Wildman–Crippen MR) is 524 cm³/mol. The highest BCUT2D eigenvalue weighted by molar-refractivity contribution is 6.02. The molecule has 12 aromatic heterocycles. The van der Waals surface area contributed by atoms with Gasteiger partial charge in [0.15, 0.2) is 0 Å². The molecule has 0 atom stereocenters. The van der Waals surface area contributed by atoms with Crippen LogP contribution in [-0.2, 0) is 17.8 Å². The van der Waals surface area contributed by atoms with Crippen molar-refractivity contribution in [3.8, 4) is 101 Å². The Morgan fingerprint density at radius 3 is 1.33 bits per heavy atom. The van der Waals surface area contributed by atoms with Gasteiger partial charge in [-0.1, -0.05) is 48.5 Å². The van der Waals surface area contributed by atoms with E-state index in [1.54, 1.807) is 110 Å². The average Bonchev–Trinajstić information content (AvgIpc) is 1.61. The van der Waals surface area contributed by atoms with Gasteiger partial charge in [0.1, 0.15) is 47.2 Å². The SMILES string of the molecule is CCNC(=O)Nc1nc2c(-c3cc(OCC)ccn3)cc(-c3cccnc3)cc2[nH]1.CCNC(=O)Nc1nc2c(-c3cc(OCCOC)ccn3)cc(-c3cccnc3)cc2[nH]1.CCNC(=O)Nc1nc2c(-c3ccccn3)cc(-c3cc(C)n(Cc4cccc(OC)c4)c(=O)c3)cc2[nH]1.CCNC(=O)Nc1nc2c(-c3ccccn3)cc(-n3cnc(C(=O)NCc4ccc(F)cc4)c3)cc2[nH]1. The van der Waals surface area contributed by atoms with Crippen molar-refractivity contribution in [2.75, 3.05) is 81.5 Å². The van der Waals surface area contributed by atoms with E-state index in [0.29, 0.717) is 132 Å². The third kappa shape index (κ3) is 23.9. The van der Waals surface area contributed by atoms with Crippen LogP contribution in [0.3, 0.4) is 0 Å². The largest absolute Gasteiger partial charge is 0.497 e. The van der Waals surface area contributed by atoms with E-state index in [4.69, 9.17) is 18.9 Å². The van der Waals surface area contributed by atoms with Crippen LogP contribution in [0.2, 0.25) is 0 Å². The van der Waals surface area contributed by atoms with Crippen LogP contribution in [0.15, 0.2) is 261 Å². The smallest absolute Gasteiger partial charge is 0.321 e. The molecule has 0 saturated carbocycles. The van der Waals surface area contributed by atoms with Crippen LogP contribution in [0.5, 0.6) is 17.2 Å². The fourth-order valence-electron chi connectivity index (χ4n) is 14.7. The first kappa shape index (κ1) is 93.8. The summed E-state index contributed by atoms with van der Waals surface area (Å²) in [6, 6.07) is 57.9. The van der Waals surface area contributed by atoms with Crippen molar-refractivity contribution in [2.24, 2.45) is 0 Å². The summed E-state index contributed by atoms with van der Waals surface area (Å²) in [7, 11) is 3.26. The number of aryl methyl sites for hydroxylation is 1. The molecular weight excluding hydrogens is 1740 g/mol. The van der Waals surface area contributed by atoms with Crippen molar-refractivity contribution >= 4 is 98.0 Å². The molecule has 0 saturated heterocycles. The normalized spacial score (nSPS) is 10.8. The first-order valence-electron chi connectivity index (χ1n) is 43.9. The van der Waals surface area contributed by atoms with Crippen LogP contribution in [0.1, 0.15) is 61.9 Å². The van der Waals surface area contributed by atoms with Crippen molar-refractivity contribution in [2.45, 2.75) is 54.6 Å². The van der Waals surface area contributed by atoms with Gasteiger partial charge in [0.25, 0.3) is 11.5 Å². The van der Waals surface area contributed by atoms with E-state index >= 15 is 0 Å². The van der Waals surface area contributed by atoms with Gasteiger partial charge in [-0.25, -0.2) is 48.5 Å². The number of nitrogens with zero attached hydrogens (tertiary/aromatic N) is 13. The van der Waals surface area contributed by atoms with E-state index in [-0.39, 0.29) is 53.6 Å². The molecule has 18 rings (SSSR count). The summed E-state index contributed by atoms with van der Waals surface area (Å²) in [5, 5.41) is 24.4. The standard InChI is InChI=1S/C29H28N6O3.C26H23FN8O2.C23H24N6O3.C22H22N6O2/c1-4-30-29(37)34-28-32-25-15-21(14-23(27(25)33-28)24-10-5-6-11-31-24)20-12-18(2)35(26(36)16-20)17-19-8-7-9-22(13-19)38-3;1-2-28-26(37)34-25-32-21-12-18(11-19(23(21)33-25)20-5-3-4-10-29-20)35-14-22(31-15-35)24(36)30-13-16-6-8-17(27)9-7-16;1-3-25-23(30)29-22-27-20-12-16(15-5-4-7-24-14-15)11-18(21(20)28-22)19-13-17(6-8-26-19)32-10-9-31-2;1-3-24-22(29)28-21-26-19-11-15(14-6-5-8-23-13-14)10-17(20(19)27-21)18-12-16(30-4-2)7-9-25-18/h5-16H,4,17H2,1-3H3,(H3,30,32,33,34,37);3-12,14-15H,2,13H2,1H3,(H,30,36)(H3,28,32,33,34,37);4-8,11-14H,3,9-10H2,1-2H3,(H3,25,27,28,29,30);5-13H,3-4H2,1-2H3,(H3,24,26,27,28,29). The van der Waals surface area contributed by atoms with Gasteiger partial charge in [-0.3, -0.25) is 60.8 Å². The topological polar surface area (TPSA) is 462 Å². The number of hydrogen-bond acceptors (Lipinski definition) is 21. The van der Waals surface area contributed by atoms with E-state index in [2.05, 4.69) is 123 Å². The van der Waals surface area contributed by atoms with Gasteiger partial charge in [-0.15, -0.1) is 0 Å². The molecule has 36 nitrogen and oxygen atoms in total. The Hall–Kier alpha value is -17.9. The number of hydrogen-bond donors (Lipinski definition) is 13. The number of anilines is 4. The van der Waals surface area contributed by atoms with E-state index in [1.165, 1.54) is 12.1 Å². The summed E-state index contributed by atoms with van der Waals surface area (Å²) in [6.45, 7) is 15.4. The summed E-state index contributed by atoms with van der Waals surface area (Å²) in [6.07, 6.45) is 17.0. The van der Waals surface area contributed by atoms with Crippen molar-refractivity contribution in [1.29, 1.82) is 0 Å². The Balaban J connectivity index is 0.000000139. The number of ether oxygens (including phenoxy) is 4. The zero-order chi connectivity index (χ0) is 95.7. The third-order valence-electron chi connectivity index (χ3n) is 21.0. The Morgan fingerprint density at radius 1 is 0.409 bits per heavy atom. The Morgan fingerprint density at radius 2 is 0.876 bits per heavy atom. The number of aromatic nitrogens is 17. The van der Waals surface area contributed by atoms with E-state index in [0.717, 1.165) is 106 Å². The van der Waals surface area contributed by atoms with Crippen LogP contribution in [-0.4, -0.2) is 174 Å². The zero-order valence-corrected chi connectivity index (χ0v) is 75.9. The summed E-state index contributed by atoms with van der Waals surface area (Å²) < 4.78 is 38.3. The fourth-order valence-corrected chi connectivity index (χ4v) is 14.7. The summed E-state index contributed by atoms with van der Waals surface area (Å²) in [5.74, 6) is 2.81. The van der Waals surface area contributed by atoms with Gasteiger partial charge in [0, 0.05) is 159 Å². The molecule has 0 bridgehead atoms. The quantitative estimate of drug-likeness (QED) is 0.0203. The fraction of sp³-hybridized carbons (Fsp3) is 0.170. The van der Waals surface area contributed by atoms with Crippen LogP contribution in [0, 0.1) is 12.7 Å². The average molecular weight is 1840 g/mol. The highest BCUT2D eigenvalue weighted by Crippen LogP contribution is 2.39. The molecule has 694 valence electrons. The lowest BCUT2D eigenvalue weighted by molar-refractivity contribution is 0.0946. The number of benzene rings is 6. The molecule has 12 heterocycles. The lowest BCUT2D eigenvalue weighted by atomic mass is 9.99. The lowest BCUT2D eigenvalue weighted by Gasteiger charge is -2.13. The van der Waals surface area contributed by atoms with Crippen molar-refractivity contribution < 1.29 is 47.3 Å². The maximum Gasteiger partial charge on any atom is 0.321 e. The van der Waals surface area contributed by atoms with Gasteiger partial charge in [0.05, 0.1) is 88.3 Å². The monoisotopic (exact) mass is 1840 g/mol. The lowest BCUT2D eigenvalue weighted by Crippen LogP contribution is -2.28. The van der Waals surface area contributed by atoms with Crippen LogP contribution in [0.25, 0.3) is 128 Å². The zero-order valence-electron chi connectivity index (χ0n) is 75.9. The second-order valence-corrected chi connectivity index (χ2v) is 30.5. The highest BCUT2D eigenvalue weighted by atomic mass is 19.1. The number of urea groups is 4. The van der Waals surface area contributed by atoms with Crippen molar-refractivity contribution in [3.63, 3.8) is 0 Å². The maximum atomic E-state index is 13.2. The minimum absolute atomic E-state index is 0.106. The number of pyridine rings is 7. The molecule has 37 heteroatoms. The van der Waals surface area contributed by atoms with E-state index in [1.807, 2.05) is 199 Å². The van der Waals surface area contributed by atoms with Gasteiger partial charge >= 0.3 is 24.1 Å². The molecule has 18 aromatic rings. The number of imidazole rings is 5. The number of fused-ring (bicyclic) bond motifs is 4. The summed E-state index contributed by atoms with van der Waals surface area (Å²) in [5.41, 5.74) is 20.5. The first-order valence-corrected chi connectivity index (χ1v) is 43.9. The number of H-pyrrole nitrogens is 4. The maximum absolute atomic E-state index is 13.2. The second kappa shape index (κ2) is 44.8. The summed E-state index contributed by atoms with van der Waals surface area (Å²) >= 11 is 0. The molecule has 0 radical (unpaired) electrons. The molecule has 137 heavy (non-hydrogen) atoms. The molecule has 0 fully saturated rings. The van der Waals surface area contributed by atoms with Crippen LogP contribution < -0.4 is 67.6 Å². The summed E-state index contributed by atoms with van der Waals surface area (Å²) in [4.78, 5) is 136. The Labute approximate surface area is 784 Å². The molecule has 0 spiro atoms. The third-order valence-corrected chi connectivity index (χ3v) is 21.0. The second-order valence-electron chi connectivity index (χ2n) is 30.5. The van der Waals surface area contributed by atoms with Crippen LogP contribution in [0.4, 0.5) is 47.4 Å². The number of methoxy groups -OCH3 is 2. The molecule has 0 aliphatic carbocycles. The van der Waals surface area contributed by atoms with Crippen LogP contribution >= 0.6 is 0 Å². The number of carbonyl (C=O) groups is 5. The van der Waals surface area contributed by atoms with Gasteiger partial charge in [-0.2, -0.15) is 0 Å². The highest BCUT2D eigenvalue weighted by Gasteiger charge is 2.23. The van der Waals surface area contributed by atoms with Gasteiger partial charge < -0.3 is 74.6 Å². The molecule has 0 aliphatic rings. The predicted octanol–water partition coefficient (Wildman–Crippen LogP) is 17.1. The Kier molecular flexibility index (Phi) is 30.7. The van der Waals surface area contributed by atoms with Gasteiger partial charge in [0.2, 0.25) is 23.8 Å². The molecule has 9 amide bonds. The number of amides is 9. The minimum atomic E-state index is -0.368. The molecule has 6 aromatic carbocycles. The Bertz CT molecular complexity index is 7340. The first-order chi connectivity index (χ1) is 66.8. The van der Waals surface area contributed by atoms with Crippen molar-refractivity contribution in [1.82, 2.24) is 110 Å². The molecule has 0 aliphatic heterocycles.